The van der Waals surface area contributed by atoms with Crippen LogP contribution in [0.1, 0.15) is 79.7 Å². The van der Waals surface area contributed by atoms with Gasteiger partial charge in [0.15, 0.2) is 11.5 Å². The van der Waals surface area contributed by atoms with Crippen molar-refractivity contribution in [2.24, 2.45) is 33.5 Å². The third kappa shape index (κ3) is 4.60. The van der Waals surface area contributed by atoms with E-state index < -0.39 is 22.5 Å². The van der Waals surface area contributed by atoms with Crippen molar-refractivity contribution in [3.63, 3.8) is 0 Å². The van der Waals surface area contributed by atoms with Gasteiger partial charge < -0.3 is 19.5 Å². The minimum Gasteiger partial charge on any atom is -0.459 e. The number of aliphatic hydroxyl groups excluding tert-OH is 1. The summed E-state index contributed by atoms with van der Waals surface area (Å²) in [5.74, 6) is 0.706. The Morgan fingerprint density at radius 3 is 2.29 bits per heavy atom. The van der Waals surface area contributed by atoms with Crippen molar-refractivity contribution in [2.45, 2.75) is 70.5 Å². The molecule has 1 amide bonds. The molecule has 7 aliphatic rings. The molecule has 1 aromatic heterocycles. The number of allylic oxidation sites excluding steroid dienone is 4. The lowest BCUT2D eigenvalue weighted by atomic mass is 9.32. The Kier molecular flexibility index (Phi) is 7.53. The van der Waals surface area contributed by atoms with Gasteiger partial charge >= 0.3 is 0 Å². The predicted octanol–water partition coefficient (Wildman–Crippen LogP) is 7.18. The average Bonchev–Trinajstić information content (AvgIpc) is 3.78. The summed E-state index contributed by atoms with van der Waals surface area (Å²) < 4.78 is 5.37. The Hall–Kier alpha value is -3.78. The van der Waals surface area contributed by atoms with Gasteiger partial charge in [0.1, 0.15) is 0 Å². The fourth-order valence-corrected chi connectivity index (χ4v) is 12.3. The van der Waals surface area contributed by atoms with Gasteiger partial charge in [-0.25, -0.2) is 0 Å². The van der Waals surface area contributed by atoms with Crippen LogP contribution in [0.3, 0.4) is 0 Å². The lowest BCUT2D eigenvalue weighted by molar-refractivity contribution is -0.176. The predicted molar refractivity (Wildman–Crippen MR) is 196 cm³/mol. The average molecular weight is 687 g/mol. The molecule has 2 bridgehead atoms. The standard InChI is InChI=1S/C44H50N2O5/c1-40-17-14-31(47)27-42(40)20-21-44(34(28-42)38(48)33-12-7-6-11-32(33)30-9-4-3-5-10-30)36(40)15-18-41(2)37(44)16-19-43(41,50)29-45-22-24-46(25-23-45)39(49)35-13-8-26-51-35/h3-13,20-21,26,28,31,36-37,47,50H,14-19,22-25,27,29H2,1-2H3. The van der Waals surface area contributed by atoms with Crippen molar-refractivity contribution >= 4 is 11.7 Å². The largest absolute Gasteiger partial charge is 0.459 e. The van der Waals surface area contributed by atoms with Crippen molar-refractivity contribution in [1.29, 1.82) is 0 Å². The molecule has 266 valence electrons. The molecule has 3 saturated carbocycles. The van der Waals surface area contributed by atoms with Crippen LogP contribution in [-0.2, 0) is 0 Å². The van der Waals surface area contributed by atoms with Gasteiger partial charge in [0.05, 0.1) is 18.0 Å². The number of hydrogen-bond acceptors (Lipinski definition) is 6. The molecule has 7 heteroatoms. The molecular formula is C44H50N2O5. The topological polar surface area (TPSA) is 94.2 Å². The number of carbonyl (C=O) groups is 2. The van der Waals surface area contributed by atoms with Crippen molar-refractivity contribution in [3.8, 4) is 11.1 Å². The van der Waals surface area contributed by atoms with Crippen molar-refractivity contribution in [1.82, 2.24) is 9.80 Å². The van der Waals surface area contributed by atoms with Gasteiger partial charge in [-0.1, -0.05) is 86.7 Å². The number of nitrogens with zero attached hydrogens (tertiary/aromatic N) is 2. The number of rotatable bonds is 6. The molecule has 3 aromatic rings. The van der Waals surface area contributed by atoms with E-state index in [9.17, 15) is 15.0 Å². The first-order chi connectivity index (χ1) is 24.5. The molecule has 4 fully saturated rings. The molecule has 2 spiro atoms. The zero-order chi connectivity index (χ0) is 35.2. The van der Waals surface area contributed by atoms with E-state index in [0.717, 1.165) is 54.4 Å². The quantitative estimate of drug-likeness (QED) is 0.211. The Balaban J connectivity index is 1.08. The summed E-state index contributed by atoms with van der Waals surface area (Å²) in [5.41, 5.74) is 1.28. The van der Waals surface area contributed by atoms with Gasteiger partial charge in [-0.15, -0.1) is 0 Å². The second-order valence-corrected chi connectivity index (χ2v) is 17.1. The number of furan rings is 1. The number of benzene rings is 2. The van der Waals surface area contributed by atoms with E-state index in [1.54, 1.807) is 12.1 Å². The molecule has 2 heterocycles. The Labute approximate surface area is 301 Å². The van der Waals surface area contributed by atoms with E-state index in [0.29, 0.717) is 51.3 Å². The van der Waals surface area contributed by atoms with Crippen LogP contribution < -0.4 is 0 Å². The number of fused-ring (bicyclic) bond motifs is 1. The number of piperazine rings is 1. The molecule has 1 aliphatic heterocycles. The van der Waals surface area contributed by atoms with Gasteiger partial charge in [-0.3, -0.25) is 14.5 Å². The number of β-amino-alcohol motifs (C(OH)–C–C–N with tert-alkyl or cyclic N) is 1. The monoisotopic (exact) mass is 686 g/mol. The Bertz CT molecular complexity index is 1910. The minimum atomic E-state index is -0.926. The zero-order valence-corrected chi connectivity index (χ0v) is 29.9. The van der Waals surface area contributed by atoms with Crippen molar-refractivity contribution in [2.75, 3.05) is 32.7 Å². The zero-order valence-electron chi connectivity index (χ0n) is 29.9. The second kappa shape index (κ2) is 11.6. The molecule has 2 N–H and O–H groups in total. The number of aliphatic hydroxyl groups is 2. The first-order valence-corrected chi connectivity index (χ1v) is 19.1. The maximum absolute atomic E-state index is 15.4. The summed E-state index contributed by atoms with van der Waals surface area (Å²) >= 11 is 0. The summed E-state index contributed by atoms with van der Waals surface area (Å²) in [6.07, 6.45) is 14.0. The molecule has 2 aromatic carbocycles. The lowest BCUT2D eigenvalue weighted by Gasteiger charge is -2.71. The summed E-state index contributed by atoms with van der Waals surface area (Å²) in [7, 11) is 0. The SMILES string of the molecule is CC12CCC(O)CC13C=CC1(C(C(=O)c4ccccc4-c4ccccc4)=C3)C2CCC2(C)C1CCC2(O)CN1CCN(C(=O)c2ccco2)CC1. The highest BCUT2D eigenvalue weighted by molar-refractivity contribution is 6.14. The van der Waals surface area contributed by atoms with Crippen LogP contribution in [-0.4, -0.2) is 76.1 Å². The Morgan fingerprint density at radius 1 is 0.824 bits per heavy atom. The molecule has 10 rings (SSSR count). The van der Waals surface area contributed by atoms with Gasteiger partial charge in [0, 0.05) is 60.1 Å². The van der Waals surface area contributed by atoms with Crippen LogP contribution in [0.4, 0.5) is 0 Å². The molecule has 8 atom stereocenters. The summed E-state index contributed by atoms with van der Waals surface area (Å²) in [6, 6.07) is 21.7. The van der Waals surface area contributed by atoms with Gasteiger partial charge in [-0.05, 0) is 85.5 Å². The number of carbonyl (C=O) groups excluding carboxylic acids is 2. The molecule has 6 aliphatic carbocycles. The second-order valence-electron chi connectivity index (χ2n) is 17.1. The van der Waals surface area contributed by atoms with E-state index in [4.69, 9.17) is 4.42 Å². The molecule has 51 heavy (non-hydrogen) atoms. The maximum atomic E-state index is 15.4. The summed E-state index contributed by atoms with van der Waals surface area (Å²) in [5, 5.41) is 24.0. The smallest absolute Gasteiger partial charge is 0.289 e. The van der Waals surface area contributed by atoms with Crippen molar-refractivity contribution < 1.29 is 24.2 Å². The number of amides is 1. The molecule has 7 nitrogen and oxygen atoms in total. The number of ketones is 1. The minimum absolute atomic E-state index is 0.0808. The summed E-state index contributed by atoms with van der Waals surface area (Å²) in [6.45, 7) is 7.90. The van der Waals surface area contributed by atoms with Crippen LogP contribution in [0.15, 0.2) is 101 Å². The van der Waals surface area contributed by atoms with Crippen molar-refractivity contribution in [3.05, 3.63) is 108 Å². The van der Waals surface area contributed by atoms with Crippen LogP contribution in [0.2, 0.25) is 0 Å². The highest BCUT2D eigenvalue weighted by Crippen LogP contribution is 2.78. The van der Waals surface area contributed by atoms with Crippen LogP contribution in [0.25, 0.3) is 11.1 Å². The lowest BCUT2D eigenvalue weighted by Crippen LogP contribution is -2.67. The normalized spacial score (nSPS) is 38.5. The van der Waals surface area contributed by atoms with E-state index >= 15 is 4.79 Å². The van der Waals surface area contributed by atoms with E-state index in [-0.39, 0.29) is 34.4 Å². The van der Waals surface area contributed by atoms with E-state index in [1.165, 1.54) is 6.26 Å². The van der Waals surface area contributed by atoms with E-state index in [1.807, 2.05) is 41.3 Å². The fraction of sp³-hybridized carbons (Fsp3) is 0.500. The molecule has 0 radical (unpaired) electrons. The third-order valence-corrected chi connectivity index (χ3v) is 15.1. The first-order valence-electron chi connectivity index (χ1n) is 19.1. The van der Waals surface area contributed by atoms with Gasteiger partial charge in [-0.2, -0.15) is 0 Å². The molecule has 1 saturated heterocycles. The number of hydrogen-bond donors (Lipinski definition) is 2. The van der Waals surface area contributed by atoms with Gasteiger partial charge in [0.2, 0.25) is 0 Å². The Morgan fingerprint density at radius 2 is 1.53 bits per heavy atom. The van der Waals surface area contributed by atoms with Crippen LogP contribution in [0.5, 0.6) is 0 Å². The fourth-order valence-electron chi connectivity index (χ4n) is 12.3. The van der Waals surface area contributed by atoms with Gasteiger partial charge in [0.25, 0.3) is 5.91 Å². The summed E-state index contributed by atoms with van der Waals surface area (Å²) in [4.78, 5) is 32.5. The molecule has 8 unspecified atom stereocenters. The highest BCUT2D eigenvalue weighted by atomic mass is 16.3. The first kappa shape index (κ1) is 33.1. The van der Waals surface area contributed by atoms with E-state index in [2.05, 4.69) is 55.2 Å². The number of Topliss-reactive ketones (excluding diaryl/α,β-unsaturated/α-hetero) is 1. The maximum Gasteiger partial charge on any atom is 0.289 e. The highest BCUT2D eigenvalue weighted by Gasteiger charge is 2.74. The van der Waals surface area contributed by atoms with Crippen LogP contribution in [0, 0.1) is 33.5 Å². The third-order valence-electron chi connectivity index (χ3n) is 15.1. The molecular weight excluding hydrogens is 636 g/mol. The van der Waals surface area contributed by atoms with Crippen LogP contribution >= 0.6 is 0 Å².